The quantitative estimate of drug-likeness (QED) is 0.762. The van der Waals surface area contributed by atoms with Crippen LogP contribution in [-0.4, -0.2) is 50.1 Å². The van der Waals surface area contributed by atoms with Gasteiger partial charge in [-0.1, -0.05) is 30.3 Å². The minimum atomic E-state index is -3.19. The van der Waals surface area contributed by atoms with Crippen molar-refractivity contribution in [2.75, 3.05) is 25.9 Å². The second-order valence-corrected chi connectivity index (χ2v) is 9.82. The lowest BCUT2D eigenvalue weighted by Gasteiger charge is -2.32. The molecule has 2 aromatic rings. The van der Waals surface area contributed by atoms with Gasteiger partial charge in [0.1, 0.15) is 0 Å². The van der Waals surface area contributed by atoms with Crippen LogP contribution in [-0.2, 0) is 27.7 Å². The lowest BCUT2D eigenvalue weighted by atomic mass is 9.98. The van der Waals surface area contributed by atoms with Gasteiger partial charge >= 0.3 is 0 Å². The van der Waals surface area contributed by atoms with Crippen molar-refractivity contribution in [2.45, 2.75) is 25.7 Å². The summed E-state index contributed by atoms with van der Waals surface area (Å²) in [5.74, 6) is 0.233. The highest BCUT2D eigenvalue weighted by Crippen LogP contribution is 2.19. The summed E-state index contributed by atoms with van der Waals surface area (Å²) in [5.41, 5.74) is 2.02. The predicted octanol–water partition coefficient (Wildman–Crippen LogP) is 2.06. The van der Waals surface area contributed by atoms with Crippen molar-refractivity contribution in [3.8, 4) is 0 Å². The first-order valence-electron chi connectivity index (χ1n) is 9.08. The zero-order valence-electron chi connectivity index (χ0n) is 15.4. The summed E-state index contributed by atoms with van der Waals surface area (Å²) in [4.78, 5) is 19.1. The zero-order chi connectivity index (χ0) is 19.3. The second-order valence-electron chi connectivity index (χ2n) is 7.04. The number of nitrogens with zero attached hydrogens (tertiary/aromatic N) is 2. The Balaban J connectivity index is 1.52. The zero-order valence-corrected chi connectivity index (χ0v) is 17.1. The number of sulfonamides is 1. The van der Waals surface area contributed by atoms with Crippen molar-refractivity contribution >= 4 is 27.3 Å². The molecule has 1 saturated heterocycles. The van der Waals surface area contributed by atoms with E-state index >= 15 is 0 Å². The fraction of sp³-hybridized carbons (Fsp3) is 0.474. The number of amides is 1. The molecule has 0 radical (unpaired) electrons. The number of carbonyl (C=O) groups excluding carboxylic acids is 1. The van der Waals surface area contributed by atoms with Crippen LogP contribution in [0.2, 0.25) is 0 Å². The van der Waals surface area contributed by atoms with Crippen molar-refractivity contribution in [1.82, 2.24) is 14.6 Å². The average molecular weight is 408 g/mol. The summed E-state index contributed by atoms with van der Waals surface area (Å²) >= 11 is 1.59. The number of rotatable bonds is 7. The summed E-state index contributed by atoms with van der Waals surface area (Å²) in [5, 5.41) is 2.97. The highest BCUT2D eigenvalue weighted by atomic mass is 32.2. The Bertz CT molecular complexity index is 865. The molecule has 2 heterocycles. The number of aromatic nitrogens is 1. The third-order valence-corrected chi connectivity index (χ3v) is 6.22. The van der Waals surface area contributed by atoms with E-state index in [9.17, 15) is 13.2 Å². The standard InChI is InChI=1S/C19H25N3O3S2/c1-27(24,25)20-12-16-8-5-9-22(13-16)19(23)11-17-14-26-18(21-17)10-15-6-3-2-4-7-15/h2-4,6-7,14,16,20H,5,8-13H2,1H3. The van der Waals surface area contributed by atoms with Crippen molar-refractivity contribution < 1.29 is 13.2 Å². The van der Waals surface area contributed by atoms with Crippen LogP contribution in [0.3, 0.4) is 0 Å². The number of thiazole rings is 1. The molecular weight excluding hydrogens is 382 g/mol. The van der Waals surface area contributed by atoms with Crippen LogP contribution in [0.15, 0.2) is 35.7 Å². The van der Waals surface area contributed by atoms with Crippen LogP contribution in [0.25, 0.3) is 0 Å². The third kappa shape index (κ3) is 6.41. The molecule has 1 fully saturated rings. The minimum absolute atomic E-state index is 0.0654. The first-order chi connectivity index (χ1) is 12.9. The molecule has 1 aliphatic rings. The molecule has 27 heavy (non-hydrogen) atoms. The van der Waals surface area contributed by atoms with E-state index in [1.807, 2.05) is 28.5 Å². The molecule has 1 aromatic heterocycles. The Morgan fingerprint density at radius 2 is 2.11 bits per heavy atom. The molecule has 0 aliphatic carbocycles. The van der Waals surface area contributed by atoms with Crippen molar-refractivity contribution in [1.29, 1.82) is 0 Å². The van der Waals surface area contributed by atoms with Gasteiger partial charge in [0.05, 0.1) is 23.4 Å². The summed E-state index contributed by atoms with van der Waals surface area (Å²) in [7, 11) is -3.19. The first kappa shape index (κ1) is 20.0. The lowest BCUT2D eigenvalue weighted by molar-refractivity contribution is -0.132. The maximum Gasteiger partial charge on any atom is 0.228 e. The monoisotopic (exact) mass is 407 g/mol. The molecule has 146 valence electrons. The number of nitrogens with one attached hydrogen (secondary N) is 1. The van der Waals surface area contributed by atoms with Gasteiger partial charge in [0, 0.05) is 31.4 Å². The molecule has 1 aromatic carbocycles. The van der Waals surface area contributed by atoms with Crippen LogP contribution < -0.4 is 4.72 Å². The maximum atomic E-state index is 12.6. The molecule has 1 atom stereocenters. The van der Waals surface area contributed by atoms with E-state index in [0.29, 0.717) is 19.5 Å². The number of hydrogen-bond donors (Lipinski definition) is 1. The Hall–Kier alpha value is -1.77. The van der Waals surface area contributed by atoms with E-state index in [2.05, 4.69) is 21.8 Å². The highest BCUT2D eigenvalue weighted by Gasteiger charge is 2.24. The van der Waals surface area contributed by atoms with Gasteiger partial charge in [-0.05, 0) is 24.3 Å². The van der Waals surface area contributed by atoms with Crippen LogP contribution >= 0.6 is 11.3 Å². The van der Waals surface area contributed by atoms with Crippen molar-refractivity contribution in [2.24, 2.45) is 5.92 Å². The highest BCUT2D eigenvalue weighted by molar-refractivity contribution is 7.88. The fourth-order valence-corrected chi connectivity index (χ4v) is 4.64. The Morgan fingerprint density at radius 1 is 1.33 bits per heavy atom. The van der Waals surface area contributed by atoms with Crippen LogP contribution in [0.1, 0.15) is 29.1 Å². The second kappa shape index (κ2) is 8.95. The maximum absolute atomic E-state index is 12.6. The molecule has 0 bridgehead atoms. The smallest absolute Gasteiger partial charge is 0.228 e. The van der Waals surface area contributed by atoms with Crippen molar-refractivity contribution in [3.63, 3.8) is 0 Å². The largest absolute Gasteiger partial charge is 0.342 e. The molecule has 0 saturated carbocycles. The molecule has 6 nitrogen and oxygen atoms in total. The Labute approximate surface area is 164 Å². The van der Waals surface area contributed by atoms with Gasteiger partial charge in [0.2, 0.25) is 15.9 Å². The number of carbonyl (C=O) groups is 1. The number of piperidine rings is 1. The normalized spacial score (nSPS) is 17.8. The molecule has 0 spiro atoms. The van der Waals surface area contributed by atoms with Gasteiger partial charge in [-0.2, -0.15) is 0 Å². The van der Waals surface area contributed by atoms with Gasteiger partial charge in [0.25, 0.3) is 0 Å². The number of hydrogen-bond acceptors (Lipinski definition) is 5. The molecular formula is C19H25N3O3S2. The van der Waals surface area contributed by atoms with E-state index in [0.717, 1.165) is 42.8 Å². The number of benzene rings is 1. The molecule has 8 heteroatoms. The average Bonchev–Trinajstić information content (AvgIpc) is 3.07. The van der Waals surface area contributed by atoms with E-state index < -0.39 is 10.0 Å². The summed E-state index contributed by atoms with van der Waals surface area (Å²) < 4.78 is 25.1. The van der Waals surface area contributed by atoms with Crippen molar-refractivity contribution in [3.05, 3.63) is 52.0 Å². The first-order valence-corrected chi connectivity index (χ1v) is 11.9. The lowest BCUT2D eigenvalue weighted by Crippen LogP contribution is -2.44. The van der Waals surface area contributed by atoms with Gasteiger partial charge in [0.15, 0.2) is 0 Å². The molecule has 1 unspecified atom stereocenters. The topological polar surface area (TPSA) is 79.4 Å². The van der Waals surface area contributed by atoms with Crippen LogP contribution in [0.4, 0.5) is 0 Å². The number of likely N-dealkylation sites (tertiary alicyclic amines) is 1. The van der Waals surface area contributed by atoms with Gasteiger partial charge in [-0.3, -0.25) is 4.79 Å². The van der Waals surface area contributed by atoms with Crippen LogP contribution in [0, 0.1) is 5.92 Å². The van der Waals surface area contributed by atoms with E-state index in [1.54, 1.807) is 11.3 Å². The van der Waals surface area contributed by atoms with Gasteiger partial charge in [-0.25, -0.2) is 18.1 Å². The summed E-state index contributed by atoms with van der Waals surface area (Å²) in [6.07, 6.45) is 4.08. The van der Waals surface area contributed by atoms with Crippen LogP contribution in [0.5, 0.6) is 0 Å². The molecule has 1 aliphatic heterocycles. The van der Waals surface area contributed by atoms with E-state index in [-0.39, 0.29) is 11.8 Å². The van der Waals surface area contributed by atoms with E-state index in [1.165, 1.54) is 5.56 Å². The Morgan fingerprint density at radius 3 is 2.85 bits per heavy atom. The molecule has 1 amide bonds. The van der Waals surface area contributed by atoms with E-state index in [4.69, 9.17) is 0 Å². The SMILES string of the molecule is CS(=O)(=O)NCC1CCCN(C(=O)Cc2csc(Cc3ccccc3)n2)C1. The predicted molar refractivity (Wildman–Crippen MR) is 107 cm³/mol. The Kier molecular flexibility index (Phi) is 6.62. The third-order valence-electron chi connectivity index (χ3n) is 4.64. The minimum Gasteiger partial charge on any atom is -0.342 e. The van der Waals surface area contributed by atoms with Gasteiger partial charge < -0.3 is 4.90 Å². The van der Waals surface area contributed by atoms with Gasteiger partial charge in [-0.15, -0.1) is 11.3 Å². The molecule has 3 rings (SSSR count). The fourth-order valence-electron chi connectivity index (χ4n) is 3.28. The summed E-state index contributed by atoms with van der Waals surface area (Å²) in [6, 6.07) is 10.2. The molecule has 1 N–H and O–H groups in total. The summed E-state index contributed by atoms with van der Waals surface area (Å²) in [6.45, 7) is 1.72.